The second-order valence-corrected chi connectivity index (χ2v) is 5.22. The summed E-state index contributed by atoms with van der Waals surface area (Å²) in [7, 11) is 0. The van der Waals surface area contributed by atoms with E-state index in [1.54, 1.807) is 0 Å². The molecule has 0 amide bonds. The average molecular weight is 211 g/mol. The summed E-state index contributed by atoms with van der Waals surface area (Å²) >= 11 is -14.7. The standard InChI is InChI=1S/8FH.Ni/h8*1H;/q;;;;;;;;+8/p-8. The van der Waals surface area contributed by atoms with Crippen molar-refractivity contribution >= 4 is 0 Å². The molecule has 0 bridgehead atoms. The summed E-state index contributed by atoms with van der Waals surface area (Å²) in [4.78, 5) is 0. The van der Waals surface area contributed by atoms with Gasteiger partial charge >= 0.3 is 40.7 Å². The summed E-state index contributed by atoms with van der Waals surface area (Å²) in [5.41, 5.74) is 0. The molecule has 0 N–H and O–H groups in total. The zero-order valence-electron chi connectivity index (χ0n) is 3.34. The van der Waals surface area contributed by atoms with E-state index in [0.29, 0.717) is 0 Å². The molecule has 0 atom stereocenters. The van der Waals surface area contributed by atoms with Crippen LogP contribution in [0.25, 0.3) is 0 Å². The van der Waals surface area contributed by atoms with Gasteiger partial charge < -0.3 is 0 Å². The molecule has 0 aromatic carbocycles. The Labute approximate surface area is 41.8 Å². The average Bonchev–Trinajstić information content (AvgIpc) is 0.503. The Bertz CT molecular complexity index is 139. The van der Waals surface area contributed by atoms with Crippen LogP contribution in [0.1, 0.15) is 0 Å². The van der Waals surface area contributed by atoms with Gasteiger partial charge in [0.25, 0.3) is 0 Å². The van der Waals surface area contributed by atoms with Gasteiger partial charge in [-0.25, -0.2) is 0 Å². The van der Waals surface area contributed by atoms with Crippen LogP contribution in [0.4, 0.5) is 28.9 Å². The molecule has 0 saturated heterocycles. The van der Waals surface area contributed by atoms with Crippen molar-refractivity contribution in [1.82, 2.24) is 0 Å². The molecular formula is F8Ni. The van der Waals surface area contributed by atoms with Crippen molar-refractivity contribution in [2.24, 2.45) is 0 Å². The van der Waals surface area contributed by atoms with Crippen molar-refractivity contribution in [3.05, 3.63) is 0 Å². The fraction of sp³-hybridized carbons (Fsp3) is 0. The number of halogens is 8. The monoisotopic (exact) mass is 210 g/mol. The van der Waals surface area contributed by atoms with Crippen LogP contribution in [0.3, 0.4) is 0 Å². The maximum atomic E-state index is 9.89. The van der Waals surface area contributed by atoms with E-state index >= 15 is 0 Å². The number of hydrogen-bond donors (Lipinski definition) is 0. The molecule has 66 valence electrons. The first-order valence-electron chi connectivity index (χ1n) is 0.956. The van der Waals surface area contributed by atoms with Gasteiger partial charge in [-0.15, -0.1) is 0 Å². The molecule has 9 heteroatoms. The minimum atomic E-state index is -14.7. The quantitative estimate of drug-likeness (QED) is 0.425. The summed E-state index contributed by atoms with van der Waals surface area (Å²) in [6.07, 6.45) is 0. The molecule has 0 radical (unpaired) electrons. The molecule has 0 aromatic heterocycles. The summed E-state index contributed by atoms with van der Waals surface area (Å²) in [5.74, 6) is 0. The molecule has 9 heavy (non-hydrogen) atoms. The van der Waals surface area contributed by atoms with Gasteiger partial charge in [-0.3, -0.25) is 0 Å². The van der Waals surface area contributed by atoms with Crippen molar-refractivity contribution in [3.8, 4) is 0 Å². The molecule has 0 heterocycles. The fourth-order valence-electron chi connectivity index (χ4n) is 0. The van der Waals surface area contributed by atoms with Crippen molar-refractivity contribution in [1.29, 1.82) is 0 Å². The third kappa shape index (κ3) is 63200. The molecule has 0 unspecified atom stereocenters. The Morgan fingerprint density at radius 2 is 0.444 bits per heavy atom. The Balaban J connectivity index is 5.84. The molecule has 0 saturated carbocycles. The van der Waals surface area contributed by atoms with Crippen LogP contribution in [0.5, 0.6) is 0 Å². The third-order valence-corrected chi connectivity index (χ3v) is 0. The Morgan fingerprint density at radius 1 is 0.444 bits per heavy atom. The number of hydrogen-bond acceptors (Lipinski definition) is 0. The molecule has 0 aliphatic heterocycles. The van der Waals surface area contributed by atoms with E-state index in [1.807, 2.05) is 0 Å². The molecule has 0 aromatic rings. The third-order valence-electron chi connectivity index (χ3n) is 0. The molecule has 0 spiro atoms. The summed E-state index contributed by atoms with van der Waals surface area (Å²) in [6.45, 7) is 0. The molecule has 0 nitrogen and oxygen atoms in total. The Hall–Kier alpha value is -0.0665. The maximum absolute atomic E-state index is 14.7. The molecule has 0 fully saturated rings. The van der Waals surface area contributed by atoms with Crippen molar-refractivity contribution in [2.45, 2.75) is 0 Å². The Kier molecular flexibility index (Phi) is 0.485. The van der Waals surface area contributed by atoms with Crippen LogP contribution in [-0.2, 0) is 11.8 Å². The summed E-state index contributed by atoms with van der Waals surface area (Å²) < 4.78 is 79.1. The normalized spacial score (nSPS) is 31.1. The van der Waals surface area contributed by atoms with Gasteiger partial charge in [0.15, 0.2) is 0 Å². The van der Waals surface area contributed by atoms with E-state index in [-0.39, 0.29) is 0 Å². The van der Waals surface area contributed by atoms with E-state index in [4.69, 9.17) is 0 Å². The molecule has 0 aliphatic carbocycles. The first kappa shape index (κ1) is 8.93. The fourth-order valence-corrected chi connectivity index (χ4v) is 0. The van der Waals surface area contributed by atoms with Gasteiger partial charge in [-0.2, -0.15) is 0 Å². The zero-order chi connectivity index (χ0) is 8.35. The van der Waals surface area contributed by atoms with Gasteiger partial charge in [0.2, 0.25) is 0 Å². The van der Waals surface area contributed by atoms with E-state index < -0.39 is 11.8 Å². The second kappa shape index (κ2) is 0.489. The first-order valence-corrected chi connectivity index (χ1v) is 3.94. The van der Waals surface area contributed by atoms with Crippen molar-refractivity contribution in [2.75, 3.05) is 0 Å². The molecule has 0 aliphatic rings. The zero-order valence-corrected chi connectivity index (χ0v) is 4.33. The number of rotatable bonds is 0. The Morgan fingerprint density at radius 3 is 0.444 bits per heavy atom. The first-order chi connectivity index (χ1) is 2.83. The van der Waals surface area contributed by atoms with Crippen LogP contribution in [0.15, 0.2) is 0 Å². The van der Waals surface area contributed by atoms with Crippen LogP contribution >= 0.6 is 0 Å². The SMILES string of the molecule is [F][Ni]([F])([F])([F])([F])([F])([F])[F]. The van der Waals surface area contributed by atoms with Gasteiger partial charge in [0.1, 0.15) is 0 Å². The van der Waals surface area contributed by atoms with E-state index in [2.05, 4.69) is 0 Å². The van der Waals surface area contributed by atoms with Gasteiger partial charge in [0.05, 0.1) is 0 Å². The van der Waals surface area contributed by atoms with Crippen molar-refractivity contribution in [3.63, 3.8) is 0 Å². The van der Waals surface area contributed by atoms with E-state index in [0.717, 1.165) is 0 Å². The van der Waals surface area contributed by atoms with Crippen LogP contribution in [0.2, 0.25) is 0 Å². The molecule has 0 rings (SSSR count). The van der Waals surface area contributed by atoms with Crippen LogP contribution in [0, 0.1) is 0 Å². The van der Waals surface area contributed by atoms with Crippen LogP contribution in [-0.4, -0.2) is 0 Å². The predicted octanol–water partition coefficient (Wildman–Crippen LogP) is 3.36. The summed E-state index contributed by atoms with van der Waals surface area (Å²) in [5, 5.41) is 0. The van der Waals surface area contributed by atoms with Gasteiger partial charge in [0, 0.05) is 0 Å². The van der Waals surface area contributed by atoms with E-state index in [1.165, 1.54) is 0 Å². The van der Waals surface area contributed by atoms with Crippen LogP contribution < -0.4 is 0 Å². The topological polar surface area (TPSA) is 0 Å². The second-order valence-electron chi connectivity index (χ2n) is 1.26. The van der Waals surface area contributed by atoms with Gasteiger partial charge in [-0.1, -0.05) is 0 Å². The van der Waals surface area contributed by atoms with E-state index in [9.17, 15) is 28.9 Å². The minimum absolute atomic E-state index is 9.89. The van der Waals surface area contributed by atoms with Crippen molar-refractivity contribution < 1.29 is 40.7 Å². The predicted molar refractivity (Wildman–Crippen MR) is 8.86 cm³/mol. The van der Waals surface area contributed by atoms with Gasteiger partial charge in [-0.05, 0) is 0 Å². The molecular weight excluding hydrogens is 211 g/mol. The summed E-state index contributed by atoms with van der Waals surface area (Å²) in [6, 6.07) is 0.